The van der Waals surface area contributed by atoms with Crippen LogP contribution in [0.5, 0.6) is 0 Å². The number of carbonyl (C=O) groups excluding carboxylic acids is 3. The summed E-state index contributed by atoms with van der Waals surface area (Å²) in [4.78, 5) is 44.1. The van der Waals surface area contributed by atoms with Crippen molar-refractivity contribution in [2.75, 3.05) is 26.3 Å². The highest BCUT2D eigenvalue weighted by molar-refractivity contribution is 8.02. The molecule has 2 unspecified atom stereocenters. The van der Waals surface area contributed by atoms with Crippen molar-refractivity contribution in [2.45, 2.75) is 75.0 Å². The third-order valence-electron chi connectivity index (χ3n) is 7.00. The lowest BCUT2D eigenvalue weighted by Gasteiger charge is -2.42. The van der Waals surface area contributed by atoms with E-state index >= 15 is 0 Å². The third kappa shape index (κ3) is 3.69. The topological polar surface area (TPSA) is 87.2 Å². The molecule has 3 fully saturated rings. The Morgan fingerprint density at radius 3 is 2.61 bits per heavy atom. The Kier molecular flexibility index (Phi) is 6.55. The van der Waals surface area contributed by atoms with Crippen molar-refractivity contribution in [3.8, 4) is 0 Å². The standard InChI is InChI=1S/C23H36N2O5S/c1-7-12-25(21(3,4)5)19(28)17-23-11-10-22(6,31-23)16(20(29)30-8-2)15(23)18(27)24(17)13-9-14-26/h7,15-17,26H,1,8-14H2,2-6H3/t15-,16-,17?,22+,23?/m0/s1. The minimum Gasteiger partial charge on any atom is -0.466 e. The fraction of sp³-hybridized carbons (Fsp3) is 0.783. The van der Waals surface area contributed by atoms with Gasteiger partial charge in [0.15, 0.2) is 0 Å². The molecule has 0 aromatic heterocycles. The van der Waals surface area contributed by atoms with Crippen molar-refractivity contribution in [2.24, 2.45) is 11.8 Å². The highest BCUT2D eigenvalue weighted by atomic mass is 32.2. The summed E-state index contributed by atoms with van der Waals surface area (Å²) in [7, 11) is 0. The summed E-state index contributed by atoms with van der Waals surface area (Å²) in [6.07, 6.45) is 3.56. The number of esters is 1. The van der Waals surface area contributed by atoms with Crippen molar-refractivity contribution in [3.05, 3.63) is 12.7 Å². The van der Waals surface area contributed by atoms with Gasteiger partial charge >= 0.3 is 5.97 Å². The van der Waals surface area contributed by atoms with Gasteiger partial charge in [-0.15, -0.1) is 18.3 Å². The molecular weight excluding hydrogens is 416 g/mol. The molecule has 7 nitrogen and oxygen atoms in total. The molecule has 0 aromatic carbocycles. The van der Waals surface area contributed by atoms with Crippen molar-refractivity contribution in [1.82, 2.24) is 9.80 Å². The molecule has 0 aromatic rings. The second-order valence-corrected chi connectivity index (χ2v) is 11.9. The number of likely N-dealkylation sites (tertiary alicyclic amines) is 1. The zero-order chi connectivity index (χ0) is 23.2. The summed E-state index contributed by atoms with van der Waals surface area (Å²) in [5.41, 5.74) is -0.447. The molecule has 1 N–H and O–H groups in total. The van der Waals surface area contributed by atoms with Crippen LogP contribution in [0, 0.1) is 11.8 Å². The van der Waals surface area contributed by atoms with Gasteiger partial charge in [-0.3, -0.25) is 14.4 Å². The molecule has 3 aliphatic heterocycles. The molecule has 31 heavy (non-hydrogen) atoms. The van der Waals surface area contributed by atoms with Crippen molar-refractivity contribution in [1.29, 1.82) is 0 Å². The Morgan fingerprint density at radius 2 is 2.06 bits per heavy atom. The Labute approximate surface area is 189 Å². The molecule has 3 saturated heterocycles. The first-order valence-electron chi connectivity index (χ1n) is 11.2. The van der Waals surface area contributed by atoms with Gasteiger partial charge < -0.3 is 19.6 Å². The van der Waals surface area contributed by atoms with E-state index in [1.165, 1.54) is 0 Å². The molecule has 0 radical (unpaired) electrons. The maximum Gasteiger partial charge on any atom is 0.311 e. The molecule has 8 heteroatoms. The van der Waals surface area contributed by atoms with Gasteiger partial charge in [-0.05, 0) is 53.9 Å². The first-order valence-corrected chi connectivity index (χ1v) is 12.0. The van der Waals surface area contributed by atoms with E-state index in [1.54, 1.807) is 34.6 Å². The van der Waals surface area contributed by atoms with Gasteiger partial charge in [-0.2, -0.15) is 0 Å². The van der Waals surface area contributed by atoms with E-state index in [-0.39, 0.29) is 31.0 Å². The van der Waals surface area contributed by atoms with Gasteiger partial charge in [0.2, 0.25) is 11.8 Å². The summed E-state index contributed by atoms with van der Waals surface area (Å²) < 4.78 is 4.31. The van der Waals surface area contributed by atoms with Crippen LogP contribution in [0.2, 0.25) is 0 Å². The molecule has 174 valence electrons. The molecule has 2 bridgehead atoms. The average molecular weight is 453 g/mol. The minimum atomic E-state index is -0.665. The van der Waals surface area contributed by atoms with E-state index in [9.17, 15) is 19.5 Å². The lowest BCUT2D eigenvalue weighted by atomic mass is 9.66. The second kappa shape index (κ2) is 8.43. The van der Waals surface area contributed by atoms with E-state index in [4.69, 9.17) is 4.74 Å². The molecule has 1 spiro atoms. The van der Waals surface area contributed by atoms with E-state index in [0.717, 1.165) is 6.42 Å². The third-order valence-corrected chi connectivity index (χ3v) is 8.98. The number of aliphatic hydroxyl groups excluding tert-OH is 1. The fourth-order valence-electron chi connectivity index (χ4n) is 5.75. The van der Waals surface area contributed by atoms with Gasteiger partial charge in [-0.25, -0.2) is 0 Å². The van der Waals surface area contributed by atoms with Crippen LogP contribution in [0.15, 0.2) is 12.7 Å². The van der Waals surface area contributed by atoms with Gasteiger partial charge in [-0.1, -0.05) is 6.08 Å². The van der Waals surface area contributed by atoms with Crippen LogP contribution in [-0.2, 0) is 19.1 Å². The Hall–Kier alpha value is -1.54. The van der Waals surface area contributed by atoms with Crippen molar-refractivity contribution < 1.29 is 24.2 Å². The average Bonchev–Trinajstić information content (AvgIpc) is 3.24. The summed E-state index contributed by atoms with van der Waals surface area (Å²) in [5.74, 6) is -1.74. The van der Waals surface area contributed by atoms with E-state index in [0.29, 0.717) is 25.9 Å². The van der Waals surface area contributed by atoms with E-state index in [2.05, 4.69) is 6.58 Å². The monoisotopic (exact) mass is 452 g/mol. The number of amides is 2. The van der Waals surface area contributed by atoms with Crippen LogP contribution in [0.3, 0.4) is 0 Å². The zero-order valence-electron chi connectivity index (χ0n) is 19.3. The minimum absolute atomic E-state index is 0.0653. The van der Waals surface area contributed by atoms with Gasteiger partial charge in [0.05, 0.1) is 23.2 Å². The van der Waals surface area contributed by atoms with Crippen LogP contribution in [0.1, 0.15) is 53.9 Å². The molecule has 0 saturated carbocycles. The normalized spacial score (nSPS) is 34.1. The summed E-state index contributed by atoms with van der Waals surface area (Å²) in [6.45, 7) is 14.4. The number of hydrogen-bond acceptors (Lipinski definition) is 6. The number of ether oxygens (including phenoxy) is 1. The van der Waals surface area contributed by atoms with Crippen molar-refractivity contribution >= 4 is 29.5 Å². The highest BCUT2D eigenvalue weighted by Crippen LogP contribution is 2.71. The second-order valence-electron chi connectivity index (χ2n) is 10.00. The highest BCUT2D eigenvalue weighted by Gasteiger charge is 2.77. The van der Waals surface area contributed by atoms with Crippen LogP contribution >= 0.6 is 11.8 Å². The molecule has 5 atom stereocenters. The van der Waals surface area contributed by atoms with E-state index < -0.39 is 32.9 Å². The Bertz CT molecular complexity index is 766. The predicted molar refractivity (Wildman–Crippen MR) is 120 cm³/mol. The molecule has 3 aliphatic rings. The van der Waals surface area contributed by atoms with Gasteiger partial charge in [0.25, 0.3) is 0 Å². The molecule has 3 heterocycles. The lowest BCUT2D eigenvalue weighted by molar-refractivity contribution is -0.155. The van der Waals surface area contributed by atoms with Crippen LogP contribution < -0.4 is 0 Å². The number of nitrogens with zero attached hydrogens (tertiary/aromatic N) is 2. The molecule has 0 aliphatic carbocycles. The fourth-order valence-corrected chi connectivity index (χ4v) is 8.09. The smallest absolute Gasteiger partial charge is 0.311 e. The van der Waals surface area contributed by atoms with Crippen LogP contribution in [0.25, 0.3) is 0 Å². The van der Waals surface area contributed by atoms with Gasteiger partial charge in [0, 0.05) is 30.0 Å². The SMILES string of the molecule is C=CCN(C(=O)C1N(CCCO)C(=O)[C@@H]2[C@@H](C(=O)OCC)[C@@]3(C)CCC12S3)C(C)(C)C. The van der Waals surface area contributed by atoms with Gasteiger partial charge in [0.1, 0.15) is 6.04 Å². The molecule has 3 rings (SSSR count). The van der Waals surface area contributed by atoms with Crippen molar-refractivity contribution in [3.63, 3.8) is 0 Å². The number of aliphatic hydroxyl groups is 1. The number of thioether (sulfide) groups is 1. The number of hydrogen-bond donors (Lipinski definition) is 1. The number of fused-ring (bicyclic) bond motifs is 1. The first kappa shape index (κ1) is 24.1. The lowest BCUT2D eigenvalue weighted by Crippen LogP contribution is -2.58. The van der Waals surface area contributed by atoms with Crippen LogP contribution in [-0.4, -0.2) is 80.1 Å². The Morgan fingerprint density at radius 1 is 1.39 bits per heavy atom. The number of rotatable bonds is 8. The largest absolute Gasteiger partial charge is 0.466 e. The zero-order valence-corrected chi connectivity index (χ0v) is 20.2. The van der Waals surface area contributed by atoms with Crippen LogP contribution in [0.4, 0.5) is 0 Å². The first-order chi connectivity index (χ1) is 14.5. The Balaban J connectivity index is 2.09. The molecule has 2 amide bonds. The van der Waals surface area contributed by atoms with E-state index in [1.807, 2.05) is 27.7 Å². The molecular formula is C23H36N2O5S. The summed E-state index contributed by atoms with van der Waals surface area (Å²) in [6, 6.07) is -0.665. The summed E-state index contributed by atoms with van der Waals surface area (Å²) >= 11 is 1.64. The summed E-state index contributed by atoms with van der Waals surface area (Å²) in [5, 5.41) is 9.42. The maximum atomic E-state index is 14.0. The maximum absolute atomic E-state index is 14.0. The number of carbonyl (C=O) groups is 3. The quantitative estimate of drug-likeness (QED) is 0.449. The predicted octanol–water partition coefficient (Wildman–Crippen LogP) is 2.23.